The van der Waals surface area contributed by atoms with Gasteiger partial charge in [-0.15, -0.1) is 0 Å². The summed E-state index contributed by atoms with van der Waals surface area (Å²) in [6.45, 7) is 6.23. The molecule has 1 aliphatic heterocycles. The summed E-state index contributed by atoms with van der Waals surface area (Å²) in [5.74, 6) is 1.06. The molecule has 1 fully saturated rings. The van der Waals surface area contributed by atoms with E-state index < -0.39 is 0 Å². The summed E-state index contributed by atoms with van der Waals surface area (Å²) < 4.78 is 10.8. The van der Waals surface area contributed by atoms with E-state index >= 15 is 0 Å². The second kappa shape index (κ2) is 8.17. The quantitative estimate of drug-likeness (QED) is 0.669. The van der Waals surface area contributed by atoms with Crippen molar-refractivity contribution in [2.24, 2.45) is 0 Å². The van der Waals surface area contributed by atoms with Gasteiger partial charge >= 0.3 is 5.63 Å². The third-order valence-electron chi connectivity index (χ3n) is 5.60. The van der Waals surface area contributed by atoms with Gasteiger partial charge < -0.3 is 19.2 Å². The topological polar surface area (TPSA) is 66.2 Å². The summed E-state index contributed by atoms with van der Waals surface area (Å²) in [4.78, 5) is 16.7. The van der Waals surface area contributed by atoms with E-state index in [1.165, 1.54) is 0 Å². The Labute approximate surface area is 169 Å². The van der Waals surface area contributed by atoms with Gasteiger partial charge in [0.25, 0.3) is 0 Å². The number of phenols is 1. The van der Waals surface area contributed by atoms with Gasteiger partial charge in [0.2, 0.25) is 0 Å². The van der Waals surface area contributed by atoms with Gasteiger partial charge in [-0.3, -0.25) is 4.90 Å². The average molecular weight is 394 g/mol. The van der Waals surface area contributed by atoms with Crippen LogP contribution >= 0.6 is 0 Å². The molecular formula is C23H26N2O4. The average Bonchev–Trinajstić information content (AvgIpc) is 2.73. The number of anilines is 1. The lowest BCUT2D eigenvalue weighted by Gasteiger charge is -2.36. The van der Waals surface area contributed by atoms with E-state index in [2.05, 4.69) is 15.9 Å². The van der Waals surface area contributed by atoms with Crippen molar-refractivity contribution in [2.45, 2.75) is 19.9 Å². The molecule has 29 heavy (non-hydrogen) atoms. The van der Waals surface area contributed by atoms with E-state index in [4.69, 9.17) is 9.15 Å². The van der Waals surface area contributed by atoms with Crippen LogP contribution in [0.25, 0.3) is 11.0 Å². The molecule has 2 aromatic carbocycles. The van der Waals surface area contributed by atoms with Gasteiger partial charge in [-0.2, -0.15) is 0 Å². The molecule has 0 spiro atoms. The van der Waals surface area contributed by atoms with Crippen molar-refractivity contribution in [3.8, 4) is 11.5 Å². The van der Waals surface area contributed by atoms with Crippen LogP contribution in [0.4, 0.5) is 5.69 Å². The first kappa shape index (κ1) is 19.3. The van der Waals surface area contributed by atoms with Crippen LogP contribution in [0.5, 0.6) is 11.5 Å². The zero-order chi connectivity index (χ0) is 20.4. The number of aryl methyl sites for hydroxylation is 1. The molecule has 152 valence electrons. The largest absolute Gasteiger partial charge is 0.508 e. The van der Waals surface area contributed by atoms with Crippen molar-refractivity contribution >= 4 is 16.7 Å². The summed E-state index contributed by atoms with van der Waals surface area (Å²) in [6.07, 6.45) is 0.720. The van der Waals surface area contributed by atoms with Gasteiger partial charge in [-0.1, -0.05) is 19.1 Å². The molecule has 6 heteroatoms. The third kappa shape index (κ3) is 3.93. The van der Waals surface area contributed by atoms with E-state index in [1.54, 1.807) is 19.2 Å². The highest BCUT2D eigenvalue weighted by Crippen LogP contribution is 2.30. The monoisotopic (exact) mass is 394 g/mol. The normalized spacial score (nSPS) is 15.0. The predicted molar refractivity (Wildman–Crippen MR) is 114 cm³/mol. The molecule has 6 nitrogen and oxygen atoms in total. The molecule has 1 saturated heterocycles. The van der Waals surface area contributed by atoms with E-state index in [0.717, 1.165) is 60.5 Å². The Morgan fingerprint density at radius 1 is 1.07 bits per heavy atom. The number of piperazine rings is 1. The summed E-state index contributed by atoms with van der Waals surface area (Å²) in [5, 5.41) is 11.0. The van der Waals surface area contributed by atoms with Gasteiger partial charge in [-0.25, -0.2) is 4.79 Å². The molecule has 0 saturated carbocycles. The lowest BCUT2D eigenvalue weighted by atomic mass is 10.0. The number of fused-ring (bicyclic) bond motifs is 1. The van der Waals surface area contributed by atoms with Crippen LogP contribution in [-0.2, 0) is 13.0 Å². The van der Waals surface area contributed by atoms with E-state index in [0.29, 0.717) is 12.1 Å². The summed E-state index contributed by atoms with van der Waals surface area (Å²) >= 11 is 0. The predicted octanol–water partition coefficient (Wildman–Crippen LogP) is 3.39. The van der Waals surface area contributed by atoms with Crippen molar-refractivity contribution in [2.75, 3.05) is 38.2 Å². The highest BCUT2D eigenvalue weighted by molar-refractivity contribution is 5.82. The second-order valence-corrected chi connectivity index (χ2v) is 7.36. The first-order valence-electron chi connectivity index (χ1n) is 9.98. The summed E-state index contributed by atoms with van der Waals surface area (Å²) in [5.41, 5.74) is 2.97. The van der Waals surface area contributed by atoms with Crippen LogP contribution in [0, 0.1) is 0 Å². The molecule has 4 rings (SSSR count). The molecule has 0 aliphatic carbocycles. The molecule has 0 bridgehead atoms. The van der Waals surface area contributed by atoms with Crippen molar-refractivity contribution < 1.29 is 14.3 Å². The fraction of sp³-hybridized carbons (Fsp3) is 0.348. The summed E-state index contributed by atoms with van der Waals surface area (Å²) in [6, 6.07) is 13.1. The molecule has 0 amide bonds. The molecule has 2 heterocycles. The fourth-order valence-corrected chi connectivity index (χ4v) is 4.00. The number of ether oxygens (including phenoxy) is 1. The van der Waals surface area contributed by atoms with Crippen molar-refractivity contribution in [1.29, 1.82) is 0 Å². The Bertz CT molecular complexity index is 1070. The highest BCUT2D eigenvalue weighted by atomic mass is 16.5. The van der Waals surface area contributed by atoms with Gasteiger partial charge in [0.15, 0.2) is 0 Å². The second-order valence-electron chi connectivity index (χ2n) is 7.36. The van der Waals surface area contributed by atoms with Crippen LogP contribution in [-0.4, -0.2) is 43.3 Å². The Hall–Kier alpha value is -2.99. The number of methoxy groups -OCH3 is 1. The SMILES string of the molecule is CCc1cc2c(CN3CCN(c4ccccc4OC)CC3)cc(=O)oc2cc1O. The number of rotatable bonds is 5. The van der Waals surface area contributed by atoms with Crippen LogP contribution in [0.2, 0.25) is 0 Å². The van der Waals surface area contributed by atoms with Crippen LogP contribution in [0.1, 0.15) is 18.1 Å². The van der Waals surface area contributed by atoms with Crippen molar-refractivity contribution in [3.63, 3.8) is 0 Å². The highest BCUT2D eigenvalue weighted by Gasteiger charge is 2.21. The first-order chi connectivity index (χ1) is 14.1. The number of para-hydroxylation sites is 2. The summed E-state index contributed by atoms with van der Waals surface area (Å²) in [7, 11) is 1.70. The molecule has 1 aliphatic rings. The Morgan fingerprint density at radius 2 is 1.83 bits per heavy atom. The number of benzene rings is 2. The van der Waals surface area contributed by atoms with Crippen LogP contribution in [0.3, 0.4) is 0 Å². The van der Waals surface area contributed by atoms with Gasteiger partial charge in [0.1, 0.15) is 17.1 Å². The third-order valence-corrected chi connectivity index (χ3v) is 5.60. The maximum atomic E-state index is 12.0. The molecular weight excluding hydrogens is 368 g/mol. The van der Waals surface area contributed by atoms with Gasteiger partial charge in [0, 0.05) is 50.2 Å². The number of nitrogens with zero attached hydrogens (tertiary/aromatic N) is 2. The molecule has 0 unspecified atom stereocenters. The van der Waals surface area contributed by atoms with Crippen molar-refractivity contribution in [3.05, 3.63) is 64.0 Å². The first-order valence-corrected chi connectivity index (χ1v) is 9.98. The molecule has 0 atom stereocenters. The lowest BCUT2D eigenvalue weighted by Crippen LogP contribution is -2.46. The lowest BCUT2D eigenvalue weighted by molar-refractivity contribution is 0.249. The zero-order valence-corrected chi connectivity index (χ0v) is 16.9. The van der Waals surface area contributed by atoms with Crippen LogP contribution < -0.4 is 15.3 Å². The minimum atomic E-state index is -0.385. The Morgan fingerprint density at radius 3 is 2.55 bits per heavy atom. The number of hydrogen-bond acceptors (Lipinski definition) is 6. The molecule has 0 radical (unpaired) electrons. The number of aromatic hydroxyl groups is 1. The van der Waals surface area contributed by atoms with E-state index in [9.17, 15) is 9.90 Å². The smallest absolute Gasteiger partial charge is 0.336 e. The molecule has 1 N–H and O–H groups in total. The zero-order valence-electron chi connectivity index (χ0n) is 16.9. The standard InChI is InChI=1S/C23H26N2O4/c1-3-16-12-18-17(13-23(27)29-22(18)14-20(16)26)15-24-8-10-25(11-9-24)19-6-4-5-7-21(19)28-2/h4-7,12-14,26H,3,8-11,15H2,1-2H3. The van der Waals surface area contributed by atoms with Gasteiger partial charge in [-0.05, 0) is 35.7 Å². The molecule has 3 aromatic rings. The minimum Gasteiger partial charge on any atom is -0.508 e. The van der Waals surface area contributed by atoms with Crippen molar-refractivity contribution in [1.82, 2.24) is 4.90 Å². The maximum Gasteiger partial charge on any atom is 0.336 e. The van der Waals surface area contributed by atoms with Gasteiger partial charge in [0.05, 0.1) is 12.8 Å². The van der Waals surface area contributed by atoms with E-state index in [1.807, 2.05) is 31.2 Å². The minimum absolute atomic E-state index is 0.172. The van der Waals surface area contributed by atoms with E-state index in [-0.39, 0.29) is 11.4 Å². The Balaban J connectivity index is 1.54. The molecule has 1 aromatic heterocycles. The number of phenolic OH excluding ortho intramolecular Hbond substituents is 1. The Kier molecular flexibility index (Phi) is 5.45. The van der Waals surface area contributed by atoms with Crippen LogP contribution in [0.15, 0.2) is 51.7 Å². The fourth-order valence-electron chi connectivity index (χ4n) is 4.00. The maximum absolute atomic E-state index is 12.0. The number of hydrogen-bond donors (Lipinski definition) is 1.